The summed E-state index contributed by atoms with van der Waals surface area (Å²) in [7, 11) is 0. The molecule has 0 saturated carbocycles. The molecular formula is C16H16N8O. The molecule has 1 fully saturated rings. The zero-order valence-corrected chi connectivity index (χ0v) is 13.6. The predicted octanol–water partition coefficient (Wildman–Crippen LogP) is 0.875. The number of carbonyl (C=O) groups excluding carboxylic acids is 1. The molecule has 9 nitrogen and oxygen atoms in total. The van der Waals surface area contributed by atoms with Crippen LogP contribution in [-0.4, -0.2) is 48.6 Å². The van der Waals surface area contributed by atoms with E-state index in [0.29, 0.717) is 30.2 Å². The van der Waals surface area contributed by atoms with Crippen LogP contribution in [0.5, 0.6) is 0 Å². The number of aromatic amines is 1. The van der Waals surface area contributed by atoms with Crippen molar-refractivity contribution < 1.29 is 4.79 Å². The number of nitriles is 1. The molecule has 1 aliphatic rings. The molecule has 1 aliphatic heterocycles. The van der Waals surface area contributed by atoms with Crippen molar-refractivity contribution in [1.82, 2.24) is 29.6 Å². The first-order valence-corrected chi connectivity index (χ1v) is 7.81. The third kappa shape index (κ3) is 2.22. The maximum atomic E-state index is 11.5. The van der Waals surface area contributed by atoms with Gasteiger partial charge in [-0.1, -0.05) is 0 Å². The molecule has 126 valence electrons. The van der Waals surface area contributed by atoms with Crippen LogP contribution in [0, 0.1) is 11.3 Å². The number of fused-ring (bicyclic) bond motifs is 1. The second kappa shape index (κ2) is 5.31. The van der Waals surface area contributed by atoms with Crippen LogP contribution in [0.15, 0.2) is 24.8 Å². The highest BCUT2D eigenvalue weighted by molar-refractivity contribution is 5.93. The van der Waals surface area contributed by atoms with E-state index in [-0.39, 0.29) is 12.3 Å². The first-order chi connectivity index (χ1) is 12.0. The average Bonchev–Trinajstić information content (AvgIpc) is 3.16. The molecule has 0 spiro atoms. The van der Waals surface area contributed by atoms with E-state index in [1.54, 1.807) is 22.0 Å². The highest BCUT2D eigenvalue weighted by Crippen LogP contribution is 2.36. The minimum absolute atomic E-state index is 0.0150. The minimum Gasteiger partial charge on any atom is -0.382 e. The van der Waals surface area contributed by atoms with Crippen LogP contribution in [0.2, 0.25) is 0 Å². The predicted molar refractivity (Wildman–Crippen MR) is 90.0 cm³/mol. The standard InChI is InChI=1S/C16H16N8O/c1-10(25)23-7-16(8-23,3-4-17)24-6-12(14(18)22-24)13-11-2-5-19-15(11)21-9-20-13/h2,5-6,9H,3,7-8H2,1H3,(H2,18,22)(H,19,20,21). The molecule has 0 unspecified atom stereocenters. The molecule has 0 bridgehead atoms. The number of anilines is 1. The van der Waals surface area contributed by atoms with Crippen LogP contribution in [0.4, 0.5) is 5.82 Å². The summed E-state index contributed by atoms with van der Waals surface area (Å²) in [5.74, 6) is 0.318. The van der Waals surface area contributed by atoms with Gasteiger partial charge in [0.1, 0.15) is 17.5 Å². The lowest BCUT2D eigenvalue weighted by Gasteiger charge is -2.48. The van der Waals surface area contributed by atoms with E-state index in [1.807, 2.05) is 6.07 Å². The number of rotatable bonds is 3. The fourth-order valence-corrected chi connectivity index (χ4v) is 3.27. The Morgan fingerprint density at radius 2 is 2.28 bits per heavy atom. The van der Waals surface area contributed by atoms with Gasteiger partial charge in [0, 0.05) is 37.8 Å². The van der Waals surface area contributed by atoms with Gasteiger partial charge < -0.3 is 15.6 Å². The number of amides is 1. The highest BCUT2D eigenvalue weighted by atomic mass is 16.2. The van der Waals surface area contributed by atoms with E-state index < -0.39 is 5.54 Å². The molecule has 3 aromatic heterocycles. The summed E-state index contributed by atoms with van der Waals surface area (Å²) >= 11 is 0. The third-order valence-electron chi connectivity index (χ3n) is 4.66. The Bertz CT molecular complexity index is 1000. The molecular weight excluding hydrogens is 320 g/mol. The van der Waals surface area contributed by atoms with Gasteiger partial charge in [-0.3, -0.25) is 9.48 Å². The summed E-state index contributed by atoms with van der Waals surface area (Å²) in [6, 6.07) is 4.07. The van der Waals surface area contributed by atoms with Crippen molar-refractivity contribution in [3.8, 4) is 17.3 Å². The van der Waals surface area contributed by atoms with Crippen molar-refractivity contribution in [2.24, 2.45) is 0 Å². The number of nitrogens with two attached hydrogens (primary N) is 1. The largest absolute Gasteiger partial charge is 0.382 e. The first-order valence-electron chi connectivity index (χ1n) is 7.81. The normalized spacial score (nSPS) is 15.8. The third-order valence-corrected chi connectivity index (χ3v) is 4.66. The Morgan fingerprint density at radius 1 is 1.48 bits per heavy atom. The lowest BCUT2D eigenvalue weighted by Crippen LogP contribution is -2.63. The SMILES string of the molecule is CC(=O)N1CC(CC#N)(n2cc(-c3ncnc4[nH]ccc34)c(N)n2)C1. The van der Waals surface area contributed by atoms with Crippen LogP contribution in [-0.2, 0) is 10.3 Å². The molecule has 0 aliphatic carbocycles. The Balaban J connectivity index is 1.77. The number of hydrogen-bond acceptors (Lipinski definition) is 6. The lowest BCUT2D eigenvalue weighted by atomic mass is 9.87. The second-order valence-corrected chi connectivity index (χ2v) is 6.27. The summed E-state index contributed by atoms with van der Waals surface area (Å²) in [6.45, 7) is 2.41. The van der Waals surface area contributed by atoms with Crippen molar-refractivity contribution in [3.05, 3.63) is 24.8 Å². The number of hydrogen-bond donors (Lipinski definition) is 2. The second-order valence-electron chi connectivity index (χ2n) is 6.27. The summed E-state index contributed by atoms with van der Waals surface area (Å²) in [6.07, 6.45) is 5.31. The van der Waals surface area contributed by atoms with E-state index >= 15 is 0 Å². The van der Waals surface area contributed by atoms with Gasteiger partial charge in [0.15, 0.2) is 5.82 Å². The van der Waals surface area contributed by atoms with E-state index in [1.165, 1.54) is 13.3 Å². The smallest absolute Gasteiger partial charge is 0.219 e. The van der Waals surface area contributed by atoms with E-state index in [4.69, 9.17) is 5.73 Å². The monoisotopic (exact) mass is 336 g/mol. The van der Waals surface area contributed by atoms with Crippen molar-refractivity contribution in [3.63, 3.8) is 0 Å². The first kappa shape index (κ1) is 15.1. The van der Waals surface area contributed by atoms with Crippen molar-refractivity contribution >= 4 is 22.8 Å². The van der Waals surface area contributed by atoms with Crippen LogP contribution in [0.1, 0.15) is 13.3 Å². The summed E-state index contributed by atoms with van der Waals surface area (Å²) in [5, 5.41) is 14.5. The molecule has 3 aromatic rings. The average molecular weight is 336 g/mol. The number of nitrogens with one attached hydrogen (secondary N) is 1. The van der Waals surface area contributed by atoms with Crippen LogP contribution < -0.4 is 5.73 Å². The molecule has 4 rings (SSSR count). The molecule has 0 radical (unpaired) electrons. The zero-order valence-electron chi connectivity index (χ0n) is 13.6. The zero-order chi connectivity index (χ0) is 17.6. The maximum Gasteiger partial charge on any atom is 0.219 e. The highest BCUT2D eigenvalue weighted by Gasteiger charge is 2.47. The summed E-state index contributed by atoms with van der Waals surface area (Å²) < 4.78 is 1.71. The van der Waals surface area contributed by atoms with Crippen LogP contribution in [0.3, 0.4) is 0 Å². The van der Waals surface area contributed by atoms with Crippen molar-refractivity contribution in [2.75, 3.05) is 18.8 Å². The summed E-state index contributed by atoms with van der Waals surface area (Å²) in [4.78, 5) is 24.8. The Morgan fingerprint density at radius 3 is 3.00 bits per heavy atom. The minimum atomic E-state index is -0.545. The Labute approximate surface area is 143 Å². The fourth-order valence-electron chi connectivity index (χ4n) is 3.27. The van der Waals surface area contributed by atoms with E-state index in [2.05, 4.69) is 26.1 Å². The number of H-pyrrole nitrogens is 1. The number of aromatic nitrogens is 5. The van der Waals surface area contributed by atoms with Gasteiger partial charge in [0.25, 0.3) is 0 Å². The van der Waals surface area contributed by atoms with Gasteiger partial charge in [-0.25, -0.2) is 9.97 Å². The number of carbonyl (C=O) groups is 1. The lowest BCUT2D eigenvalue weighted by molar-refractivity contribution is -0.140. The van der Waals surface area contributed by atoms with Crippen molar-refractivity contribution in [1.29, 1.82) is 5.26 Å². The molecule has 0 aromatic carbocycles. The number of nitrogens with zero attached hydrogens (tertiary/aromatic N) is 6. The molecule has 4 heterocycles. The Hall–Kier alpha value is -3.41. The quantitative estimate of drug-likeness (QED) is 0.730. The molecule has 1 amide bonds. The van der Waals surface area contributed by atoms with Crippen LogP contribution in [0.25, 0.3) is 22.3 Å². The molecule has 3 N–H and O–H groups in total. The molecule has 1 saturated heterocycles. The fraction of sp³-hybridized carbons (Fsp3) is 0.312. The number of likely N-dealkylation sites (tertiary alicyclic amines) is 1. The molecule has 25 heavy (non-hydrogen) atoms. The van der Waals surface area contributed by atoms with Gasteiger partial charge in [-0.2, -0.15) is 10.4 Å². The van der Waals surface area contributed by atoms with Gasteiger partial charge in [-0.05, 0) is 6.07 Å². The van der Waals surface area contributed by atoms with Gasteiger partial charge in [0.05, 0.1) is 23.7 Å². The van der Waals surface area contributed by atoms with Gasteiger partial charge >= 0.3 is 0 Å². The summed E-state index contributed by atoms with van der Waals surface area (Å²) in [5.41, 5.74) is 7.68. The van der Waals surface area contributed by atoms with Crippen LogP contribution >= 0.6 is 0 Å². The van der Waals surface area contributed by atoms with E-state index in [0.717, 1.165) is 11.0 Å². The Kier molecular flexibility index (Phi) is 3.21. The van der Waals surface area contributed by atoms with Gasteiger partial charge in [0.2, 0.25) is 5.91 Å². The van der Waals surface area contributed by atoms with Gasteiger partial charge in [-0.15, -0.1) is 0 Å². The molecule has 9 heteroatoms. The molecule has 0 atom stereocenters. The van der Waals surface area contributed by atoms with Crippen molar-refractivity contribution in [2.45, 2.75) is 18.9 Å². The number of nitrogen functional groups attached to an aromatic ring is 1. The maximum absolute atomic E-state index is 11.5. The van der Waals surface area contributed by atoms with E-state index in [9.17, 15) is 10.1 Å². The topological polar surface area (TPSA) is 130 Å².